The number of anilines is 2. The second-order valence-electron chi connectivity index (χ2n) is 5.47. The molecule has 0 spiro atoms. The van der Waals surface area contributed by atoms with Gasteiger partial charge in [-0.1, -0.05) is 30.3 Å². The lowest BCUT2D eigenvalue weighted by Gasteiger charge is -2.10. The first kappa shape index (κ1) is 13.9. The first-order valence-corrected chi connectivity index (χ1v) is 7.76. The molecule has 0 radical (unpaired) electrons. The number of hydrogen-bond acceptors (Lipinski definition) is 4. The lowest BCUT2D eigenvalue weighted by molar-refractivity contribution is 0.955. The normalized spacial score (nSPS) is 14.0. The predicted molar refractivity (Wildman–Crippen MR) is 86.8 cm³/mol. The van der Waals surface area contributed by atoms with Crippen molar-refractivity contribution in [2.75, 3.05) is 23.7 Å². The average molecular weight is 282 g/mol. The molecule has 1 heterocycles. The highest BCUT2D eigenvalue weighted by Crippen LogP contribution is 2.39. The number of nitrogens with one attached hydrogen (secondary N) is 2. The fourth-order valence-corrected chi connectivity index (χ4v) is 2.36. The lowest BCUT2D eigenvalue weighted by Crippen LogP contribution is -2.10. The first-order valence-electron chi connectivity index (χ1n) is 7.76. The third-order valence-electron chi connectivity index (χ3n) is 3.64. The summed E-state index contributed by atoms with van der Waals surface area (Å²) in [4.78, 5) is 9.12. The van der Waals surface area contributed by atoms with Crippen LogP contribution in [0.15, 0.2) is 36.4 Å². The Labute approximate surface area is 126 Å². The van der Waals surface area contributed by atoms with Crippen LogP contribution < -0.4 is 10.6 Å². The van der Waals surface area contributed by atoms with Crippen LogP contribution in [-0.2, 0) is 6.42 Å². The minimum atomic E-state index is 0.639. The summed E-state index contributed by atoms with van der Waals surface area (Å²) in [5.74, 6) is 2.31. The van der Waals surface area contributed by atoms with Crippen molar-refractivity contribution in [1.82, 2.24) is 9.97 Å². The van der Waals surface area contributed by atoms with Gasteiger partial charge in [-0.3, -0.25) is 0 Å². The molecule has 0 aliphatic heterocycles. The quantitative estimate of drug-likeness (QED) is 0.816. The fourth-order valence-electron chi connectivity index (χ4n) is 2.36. The highest BCUT2D eigenvalue weighted by molar-refractivity contribution is 5.44. The van der Waals surface area contributed by atoms with Gasteiger partial charge >= 0.3 is 0 Å². The molecule has 0 atom stereocenters. The standard InChI is InChI=1S/C17H22N4/c1-2-18-17-20-15(14-8-9-14)12-16(21-17)19-11-10-13-6-4-3-5-7-13/h3-7,12,14H,2,8-11H2,1H3,(H2,18,19,20,21). The van der Waals surface area contributed by atoms with E-state index in [-0.39, 0.29) is 0 Å². The zero-order valence-corrected chi connectivity index (χ0v) is 12.5. The molecule has 1 aliphatic carbocycles. The van der Waals surface area contributed by atoms with Crippen LogP contribution >= 0.6 is 0 Å². The summed E-state index contributed by atoms with van der Waals surface area (Å²) in [6.07, 6.45) is 3.51. The molecule has 0 saturated heterocycles. The molecule has 0 amide bonds. The van der Waals surface area contributed by atoms with Gasteiger partial charge in [-0.2, -0.15) is 4.98 Å². The van der Waals surface area contributed by atoms with E-state index in [1.807, 2.05) is 6.07 Å². The number of aromatic nitrogens is 2. The van der Waals surface area contributed by atoms with E-state index in [2.05, 4.69) is 57.9 Å². The van der Waals surface area contributed by atoms with Crippen LogP contribution in [0.4, 0.5) is 11.8 Å². The van der Waals surface area contributed by atoms with E-state index in [0.29, 0.717) is 5.92 Å². The summed E-state index contributed by atoms with van der Waals surface area (Å²) >= 11 is 0. The second kappa shape index (κ2) is 6.57. The van der Waals surface area contributed by atoms with Gasteiger partial charge in [0.25, 0.3) is 0 Å². The van der Waals surface area contributed by atoms with Gasteiger partial charge in [0.05, 0.1) is 5.69 Å². The van der Waals surface area contributed by atoms with Crippen molar-refractivity contribution in [3.8, 4) is 0 Å². The average Bonchev–Trinajstić information content (AvgIpc) is 3.33. The SMILES string of the molecule is CCNc1nc(NCCc2ccccc2)cc(C2CC2)n1. The monoisotopic (exact) mass is 282 g/mol. The van der Waals surface area contributed by atoms with E-state index < -0.39 is 0 Å². The van der Waals surface area contributed by atoms with Gasteiger partial charge in [-0.25, -0.2) is 4.98 Å². The predicted octanol–water partition coefficient (Wildman–Crippen LogP) is 3.44. The van der Waals surface area contributed by atoms with E-state index in [1.165, 1.54) is 24.1 Å². The number of benzene rings is 1. The molecule has 0 bridgehead atoms. The minimum absolute atomic E-state index is 0.639. The Morgan fingerprint density at radius 1 is 1.10 bits per heavy atom. The van der Waals surface area contributed by atoms with Gasteiger partial charge in [0, 0.05) is 25.1 Å². The van der Waals surface area contributed by atoms with Gasteiger partial charge in [0.15, 0.2) is 0 Å². The summed E-state index contributed by atoms with van der Waals surface area (Å²) in [5, 5.41) is 6.64. The highest BCUT2D eigenvalue weighted by atomic mass is 15.1. The Kier molecular flexibility index (Phi) is 4.34. The molecule has 1 aromatic carbocycles. The first-order chi connectivity index (χ1) is 10.3. The Balaban J connectivity index is 1.63. The van der Waals surface area contributed by atoms with Crippen molar-refractivity contribution >= 4 is 11.8 Å². The number of rotatable bonds is 7. The van der Waals surface area contributed by atoms with E-state index in [0.717, 1.165) is 31.3 Å². The van der Waals surface area contributed by atoms with Gasteiger partial charge in [0.2, 0.25) is 5.95 Å². The van der Waals surface area contributed by atoms with Crippen LogP contribution in [0.3, 0.4) is 0 Å². The van der Waals surface area contributed by atoms with Crippen molar-refractivity contribution in [3.63, 3.8) is 0 Å². The summed E-state index contributed by atoms with van der Waals surface area (Å²) in [6.45, 7) is 3.80. The molecule has 1 fully saturated rings. The van der Waals surface area contributed by atoms with Gasteiger partial charge in [-0.15, -0.1) is 0 Å². The van der Waals surface area contributed by atoms with Crippen LogP contribution in [0.25, 0.3) is 0 Å². The molecule has 110 valence electrons. The van der Waals surface area contributed by atoms with Crippen molar-refractivity contribution in [3.05, 3.63) is 47.7 Å². The van der Waals surface area contributed by atoms with E-state index in [1.54, 1.807) is 0 Å². The Bertz CT molecular complexity index is 579. The van der Waals surface area contributed by atoms with Crippen LogP contribution in [0.2, 0.25) is 0 Å². The summed E-state index contributed by atoms with van der Waals surface area (Å²) < 4.78 is 0. The van der Waals surface area contributed by atoms with E-state index >= 15 is 0 Å². The summed E-state index contributed by atoms with van der Waals surface area (Å²) in [7, 11) is 0. The van der Waals surface area contributed by atoms with Crippen molar-refractivity contribution in [1.29, 1.82) is 0 Å². The molecule has 21 heavy (non-hydrogen) atoms. The number of nitrogens with zero attached hydrogens (tertiary/aromatic N) is 2. The second-order valence-corrected chi connectivity index (χ2v) is 5.47. The van der Waals surface area contributed by atoms with Crippen LogP contribution in [0.1, 0.15) is 36.9 Å². The maximum atomic E-state index is 4.59. The topological polar surface area (TPSA) is 49.8 Å². The molecule has 1 aliphatic rings. The van der Waals surface area contributed by atoms with E-state index in [9.17, 15) is 0 Å². The van der Waals surface area contributed by atoms with Crippen LogP contribution in [0, 0.1) is 0 Å². The molecular weight excluding hydrogens is 260 g/mol. The van der Waals surface area contributed by atoms with Crippen LogP contribution in [-0.4, -0.2) is 23.1 Å². The molecule has 2 N–H and O–H groups in total. The zero-order valence-electron chi connectivity index (χ0n) is 12.5. The Morgan fingerprint density at radius 3 is 2.62 bits per heavy atom. The highest BCUT2D eigenvalue weighted by Gasteiger charge is 2.26. The van der Waals surface area contributed by atoms with Crippen molar-refractivity contribution < 1.29 is 0 Å². The van der Waals surface area contributed by atoms with Gasteiger partial charge in [0.1, 0.15) is 5.82 Å². The molecule has 2 aromatic rings. The molecule has 4 nitrogen and oxygen atoms in total. The molecule has 0 unspecified atom stereocenters. The maximum Gasteiger partial charge on any atom is 0.224 e. The smallest absolute Gasteiger partial charge is 0.224 e. The third-order valence-corrected chi connectivity index (χ3v) is 3.64. The van der Waals surface area contributed by atoms with Gasteiger partial charge < -0.3 is 10.6 Å². The van der Waals surface area contributed by atoms with Crippen LogP contribution in [0.5, 0.6) is 0 Å². The van der Waals surface area contributed by atoms with Gasteiger partial charge in [-0.05, 0) is 31.7 Å². The Morgan fingerprint density at radius 2 is 1.90 bits per heavy atom. The molecule has 1 saturated carbocycles. The summed E-state index contributed by atoms with van der Waals surface area (Å²) in [6, 6.07) is 12.6. The summed E-state index contributed by atoms with van der Waals surface area (Å²) in [5.41, 5.74) is 2.51. The maximum absolute atomic E-state index is 4.59. The van der Waals surface area contributed by atoms with Crippen molar-refractivity contribution in [2.24, 2.45) is 0 Å². The largest absolute Gasteiger partial charge is 0.370 e. The molecule has 1 aromatic heterocycles. The molecule has 4 heteroatoms. The zero-order chi connectivity index (χ0) is 14.5. The third kappa shape index (κ3) is 3.94. The number of hydrogen-bond donors (Lipinski definition) is 2. The minimum Gasteiger partial charge on any atom is -0.370 e. The lowest BCUT2D eigenvalue weighted by atomic mass is 10.1. The fraction of sp³-hybridized carbons (Fsp3) is 0.412. The molecule has 3 rings (SSSR count). The molecular formula is C17H22N4. The van der Waals surface area contributed by atoms with E-state index in [4.69, 9.17) is 0 Å². The van der Waals surface area contributed by atoms with Crippen molar-refractivity contribution in [2.45, 2.75) is 32.1 Å². The Hall–Kier alpha value is -2.10.